The van der Waals surface area contributed by atoms with Gasteiger partial charge in [-0.25, -0.2) is 4.79 Å². The van der Waals surface area contributed by atoms with Crippen LogP contribution in [0.5, 0.6) is 0 Å². The molecule has 6 nitrogen and oxygen atoms in total. The Morgan fingerprint density at radius 1 is 1.37 bits per heavy atom. The molecule has 0 atom stereocenters. The maximum atomic E-state index is 11.8. The second kappa shape index (κ2) is 7.55. The predicted molar refractivity (Wildman–Crippen MR) is 75.5 cm³/mol. The number of rotatable bonds is 4. The van der Waals surface area contributed by atoms with E-state index in [1.54, 1.807) is 16.8 Å². The van der Waals surface area contributed by atoms with Gasteiger partial charge in [-0.3, -0.25) is 4.79 Å². The Hall–Kier alpha value is -1.01. The van der Waals surface area contributed by atoms with Gasteiger partial charge in [0.15, 0.2) is 0 Å². The van der Waals surface area contributed by atoms with Crippen LogP contribution >= 0.6 is 12.4 Å². The van der Waals surface area contributed by atoms with Gasteiger partial charge in [-0.1, -0.05) is 0 Å². The molecule has 0 aromatic carbocycles. The molecule has 0 aromatic heterocycles. The van der Waals surface area contributed by atoms with Crippen LogP contribution in [0.2, 0.25) is 0 Å². The lowest BCUT2D eigenvalue weighted by Crippen LogP contribution is -2.42. The number of urea groups is 1. The quantitative estimate of drug-likeness (QED) is 0.759. The number of amides is 3. The summed E-state index contributed by atoms with van der Waals surface area (Å²) in [5.74, 6) is 0.532. The van der Waals surface area contributed by atoms with E-state index in [0.29, 0.717) is 19.0 Å². The Morgan fingerprint density at radius 3 is 2.63 bits per heavy atom. The first-order chi connectivity index (χ1) is 8.66. The van der Waals surface area contributed by atoms with E-state index in [1.165, 1.54) is 0 Å². The highest BCUT2D eigenvalue weighted by atomic mass is 35.5. The van der Waals surface area contributed by atoms with Crippen LogP contribution in [0.3, 0.4) is 0 Å². The average molecular weight is 291 g/mol. The van der Waals surface area contributed by atoms with E-state index in [-0.39, 0.29) is 30.9 Å². The van der Waals surface area contributed by atoms with Gasteiger partial charge in [-0.15, -0.1) is 12.4 Å². The van der Waals surface area contributed by atoms with E-state index in [9.17, 15) is 9.59 Å². The molecule has 0 aromatic rings. The number of nitrogens with zero attached hydrogens (tertiary/aromatic N) is 2. The van der Waals surface area contributed by atoms with Gasteiger partial charge in [0.1, 0.15) is 6.54 Å². The summed E-state index contributed by atoms with van der Waals surface area (Å²) in [6.07, 6.45) is 2.23. The highest BCUT2D eigenvalue weighted by Gasteiger charge is 2.26. The lowest BCUT2D eigenvalue weighted by Gasteiger charge is -2.23. The van der Waals surface area contributed by atoms with Crippen LogP contribution in [0.1, 0.15) is 12.8 Å². The van der Waals surface area contributed by atoms with Crippen molar-refractivity contribution < 1.29 is 9.59 Å². The molecule has 0 aliphatic carbocycles. The summed E-state index contributed by atoms with van der Waals surface area (Å²) in [5.41, 5.74) is 0. The zero-order chi connectivity index (χ0) is 13.0. The summed E-state index contributed by atoms with van der Waals surface area (Å²) in [6.45, 7) is 4.36. The zero-order valence-electron chi connectivity index (χ0n) is 11.4. The monoisotopic (exact) mass is 290 g/mol. The fourth-order valence-corrected chi connectivity index (χ4v) is 2.42. The minimum Gasteiger partial charge on any atom is -0.354 e. The number of likely N-dealkylation sites (N-methyl/N-ethyl adjacent to an activating group) is 1. The number of hydrogen-bond donors (Lipinski definition) is 2. The van der Waals surface area contributed by atoms with Crippen molar-refractivity contribution in [3.63, 3.8) is 0 Å². The Labute approximate surface area is 120 Å². The highest BCUT2D eigenvalue weighted by molar-refractivity contribution is 5.85. The van der Waals surface area contributed by atoms with E-state index in [1.807, 2.05) is 0 Å². The van der Waals surface area contributed by atoms with Crippen LogP contribution < -0.4 is 10.6 Å². The summed E-state index contributed by atoms with van der Waals surface area (Å²) < 4.78 is 0. The van der Waals surface area contributed by atoms with Crippen LogP contribution in [-0.4, -0.2) is 68.1 Å². The lowest BCUT2D eigenvalue weighted by atomic mass is 9.98. The molecule has 0 bridgehead atoms. The summed E-state index contributed by atoms with van der Waals surface area (Å²) in [7, 11) is 1.76. The maximum Gasteiger partial charge on any atom is 0.320 e. The molecule has 2 aliphatic heterocycles. The van der Waals surface area contributed by atoms with E-state index in [2.05, 4.69) is 10.6 Å². The predicted octanol–water partition coefficient (Wildman–Crippen LogP) is -0.109. The van der Waals surface area contributed by atoms with Crippen molar-refractivity contribution in [2.45, 2.75) is 12.8 Å². The van der Waals surface area contributed by atoms with Crippen molar-refractivity contribution in [2.24, 2.45) is 5.92 Å². The first kappa shape index (κ1) is 16.0. The standard InChI is InChI=1S/C12H22N4O2.ClH/c1-15-6-7-16(12(15)18)9-11(17)14-8-10-2-4-13-5-3-10;/h10,13H,2-9H2,1H3,(H,14,17);1H. The van der Waals surface area contributed by atoms with E-state index >= 15 is 0 Å². The molecule has 19 heavy (non-hydrogen) atoms. The van der Waals surface area contributed by atoms with E-state index in [4.69, 9.17) is 0 Å². The highest BCUT2D eigenvalue weighted by Crippen LogP contribution is 2.10. The van der Waals surface area contributed by atoms with E-state index in [0.717, 1.165) is 32.5 Å². The van der Waals surface area contributed by atoms with Gasteiger partial charge in [0.05, 0.1) is 0 Å². The molecule has 2 N–H and O–H groups in total. The Bertz CT molecular complexity index is 321. The Balaban J connectivity index is 0.00000180. The Kier molecular flexibility index (Phi) is 6.37. The largest absolute Gasteiger partial charge is 0.354 e. The number of piperidine rings is 1. The molecule has 2 aliphatic rings. The molecular formula is C12H23ClN4O2. The van der Waals surface area contributed by atoms with Crippen molar-refractivity contribution in [1.29, 1.82) is 0 Å². The molecule has 0 saturated carbocycles. The van der Waals surface area contributed by atoms with E-state index < -0.39 is 0 Å². The van der Waals surface area contributed by atoms with Gasteiger partial charge in [0.25, 0.3) is 0 Å². The molecule has 2 fully saturated rings. The van der Waals surface area contributed by atoms with Crippen molar-refractivity contribution >= 4 is 24.3 Å². The number of hydrogen-bond acceptors (Lipinski definition) is 3. The zero-order valence-corrected chi connectivity index (χ0v) is 12.2. The maximum absolute atomic E-state index is 11.8. The summed E-state index contributed by atoms with van der Waals surface area (Å²) in [4.78, 5) is 26.6. The SMILES string of the molecule is CN1CCN(CC(=O)NCC2CCNCC2)C1=O.Cl. The van der Waals surface area contributed by atoms with Gasteiger partial charge in [-0.2, -0.15) is 0 Å². The summed E-state index contributed by atoms with van der Waals surface area (Å²) in [6, 6.07) is -0.0491. The summed E-state index contributed by atoms with van der Waals surface area (Å²) in [5, 5.41) is 6.24. The second-order valence-corrected chi connectivity index (χ2v) is 5.12. The van der Waals surface area contributed by atoms with Crippen LogP contribution in [-0.2, 0) is 4.79 Å². The topological polar surface area (TPSA) is 64.7 Å². The number of carbonyl (C=O) groups excluding carboxylic acids is 2. The van der Waals surface area contributed by atoms with Crippen molar-refractivity contribution in [3.05, 3.63) is 0 Å². The smallest absolute Gasteiger partial charge is 0.320 e. The minimum absolute atomic E-state index is 0. The molecule has 2 rings (SSSR count). The molecule has 0 radical (unpaired) electrons. The van der Waals surface area contributed by atoms with Gasteiger partial charge in [-0.05, 0) is 31.8 Å². The average Bonchev–Trinajstić information content (AvgIpc) is 2.70. The fraction of sp³-hybridized carbons (Fsp3) is 0.833. The first-order valence-electron chi connectivity index (χ1n) is 6.64. The third-order valence-corrected chi connectivity index (χ3v) is 3.68. The number of carbonyl (C=O) groups is 2. The van der Waals surface area contributed by atoms with Crippen LogP contribution in [0, 0.1) is 5.92 Å². The normalized spacial score (nSPS) is 20.4. The van der Waals surface area contributed by atoms with Gasteiger partial charge in [0, 0.05) is 26.7 Å². The molecule has 2 saturated heterocycles. The number of halogens is 1. The van der Waals surface area contributed by atoms with Crippen LogP contribution in [0.4, 0.5) is 4.79 Å². The summed E-state index contributed by atoms with van der Waals surface area (Å²) >= 11 is 0. The lowest BCUT2D eigenvalue weighted by molar-refractivity contribution is -0.121. The molecule has 2 heterocycles. The van der Waals surface area contributed by atoms with Crippen LogP contribution in [0.15, 0.2) is 0 Å². The fourth-order valence-electron chi connectivity index (χ4n) is 2.42. The first-order valence-corrected chi connectivity index (χ1v) is 6.64. The van der Waals surface area contributed by atoms with Crippen molar-refractivity contribution in [2.75, 3.05) is 46.3 Å². The van der Waals surface area contributed by atoms with Gasteiger partial charge >= 0.3 is 6.03 Å². The third-order valence-electron chi connectivity index (χ3n) is 3.68. The Morgan fingerprint density at radius 2 is 2.05 bits per heavy atom. The van der Waals surface area contributed by atoms with Gasteiger partial charge < -0.3 is 20.4 Å². The molecule has 110 valence electrons. The molecule has 7 heteroatoms. The molecular weight excluding hydrogens is 268 g/mol. The molecule has 3 amide bonds. The van der Waals surface area contributed by atoms with Crippen molar-refractivity contribution in [1.82, 2.24) is 20.4 Å². The number of nitrogens with one attached hydrogen (secondary N) is 2. The second-order valence-electron chi connectivity index (χ2n) is 5.12. The van der Waals surface area contributed by atoms with Crippen LogP contribution in [0.25, 0.3) is 0 Å². The molecule has 0 spiro atoms. The minimum atomic E-state index is -0.0491. The van der Waals surface area contributed by atoms with Crippen molar-refractivity contribution in [3.8, 4) is 0 Å². The van der Waals surface area contributed by atoms with Gasteiger partial charge in [0.2, 0.25) is 5.91 Å². The third kappa shape index (κ3) is 4.54. The molecule has 0 unspecified atom stereocenters.